The van der Waals surface area contributed by atoms with Crippen LogP contribution in [0.3, 0.4) is 0 Å². The lowest BCUT2D eigenvalue weighted by Gasteiger charge is -2.08. The van der Waals surface area contributed by atoms with Gasteiger partial charge in [-0.1, -0.05) is 0 Å². The number of aromatic nitrogens is 2. The molecular formula is C13H16FN3O. The number of methoxy groups -OCH3 is 1. The van der Waals surface area contributed by atoms with Crippen LogP contribution in [0.15, 0.2) is 24.4 Å². The Hall–Kier alpha value is -1.88. The molecule has 0 atom stereocenters. The second kappa shape index (κ2) is 5.18. The van der Waals surface area contributed by atoms with Crippen molar-refractivity contribution in [2.75, 3.05) is 14.2 Å². The lowest BCUT2D eigenvalue weighted by Crippen LogP contribution is -2.05. The number of ether oxygens (including phenoxy) is 1. The minimum Gasteiger partial charge on any atom is -0.496 e. The minimum absolute atomic E-state index is 0.302. The molecule has 0 radical (unpaired) electrons. The summed E-state index contributed by atoms with van der Waals surface area (Å²) in [5, 5.41) is 3.03. The molecule has 1 aromatic heterocycles. The summed E-state index contributed by atoms with van der Waals surface area (Å²) in [6.07, 6.45) is 1.91. The van der Waals surface area contributed by atoms with Gasteiger partial charge in [-0.2, -0.15) is 0 Å². The fourth-order valence-corrected chi connectivity index (χ4v) is 1.90. The molecule has 0 bridgehead atoms. The van der Waals surface area contributed by atoms with Crippen LogP contribution in [0.2, 0.25) is 0 Å². The van der Waals surface area contributed by atoms with Crippen molar-refractivity contribution in [3.8, 4) is 17.1 Å². The van der Waals surface area contributed by atoms with E-state index in [1.165, 1.54) is 12.1 Å². The first-order chi connectivity index (χ1) is 8.65. The molecule has 1 N–H and O–H groups in total. The smallest absolute Gasteiger partial charge is 0.143 e. The number of nitrogens with zero attached hydrogens (tertiary/aromatic N) is 2. The normalized spacial score (nSPS) is 10.7. The molecule has 2 rings (SSSR count). The van der Waals surface area contributed by atoms with E-state index in [9.17, 15) is 4.39 Å². The summed E-state index contributed by atoms with van der Waals surface area (Å²) < 4.78 is 20.5. The van der Waals surface area contributed by atoms with E-state index in [1.807, 2.05) is 24.9 Å². The molecule has 1 heterocycles. The summed E-state index contributed by atoms with van der Waals surface area (Å²) in [6, 6.07) is 4.42. The maximum atomic E-state index is 13.4. The summed E-state index contributed by atoms with van der Waals surface area (Å²) >= 11 is 0. The summed E-state index contributed by atoms with van der Waals surface area (Å²) in [6.45, 7) is 0.672. The molecule has 18 heavy (non-hydrogen) atoms. The van der Waals surface area contributed by atoms with Gasteiger partial charge in [0.15, 0.2) is 0 Å². The third-order valence-electron chi connectivity index (χ3n) is 2.69. The average Bonchev–Trinajstić information content (AvgIpc) is 2.70. The SMILES string of the molecule is CNCc1cn(C)c(-c2cc(F)ccc2OC)n1. The predicted molar refractivity (Wildman–Crippen MR) is 67.9 cm³/mol. The van der Waals surface area contributed by atoms with Gasteiger partial charge in [0.25, 0.3) is 0 Å². The third-order valence-corrected chi connectivity index (χ3v) is 2.69. The topological polar surface area (TPSA) is 39.1 Å². The number of halogens is 1. The molecule has 0 fully saturated rings. The second-order valence-electron chi connectivity index (χ2n) is 4.04. The van der Waals surface area contributed by atoms with Gasteiger partial charge in [-0.3, -0.25) is 0 Å². The lowest BCUT2D eigenvalue weighted by molar-refractivity contribution is 0.415. The fourth-order valence-electron chi connectivity index (χ4n) is 1.90. The molecule has 0 spiro atoms. The maximum Gasteiger partial charge on any atom is 0.143 e. The van der Waals surface area contributed by atoms with Gasteiger partial charge in [-0.25, -0.2) is 9.37 Å². The molecule has 0 aliphatic rings. The highest BCUT2D eigenvalue weighted by atomic mass is 19.1. The molecular weight excluding hydrogens is 233 g/mol. The molecule has 0 unspecified atom stereocenters. The van der Waals surface area contributed by atoms with Crippen molar-refractivity contribution in [1.82, 2.24) is 14.9 Å². The first kappa shape index (κ1) is 12.6. The first-order valence-electron chi connectivity index (χ1n) is 5.66. The van der Waals surface area contributed by atoms with E-state index >= 15 is 0 Å². The van der Waals surface area contributed by atoms with Gasteiger partial charge in [-0.05, 0) is 25.2 Å². The summed E-state index contributed by atoms with van der Waals surface area (Å²) in [5.74, 6) is 1.00. The predicted octanol–water partition coefficient (Wildman–Crippen LogP) is 1.95. The Morgan fingerprint density at radius 3 is 2.89 bits per heavy atom. The molecule has 96 valence electrons. The first-order valence-corrected chi connectivity index (χ1v) is 5.66. The van der Waals surface area contributed by atoms with Crippen molar-refractivity contribution >= 4 is 0 Å². The van der Waals surface area contributed by atoms with Crippen LogP contribution in [0.4, 0.5) is 4.39 Å². The molecule has 1 aromatic carbocycles. The van der Waals surface area contributed by atoms with Gasteiger partial charge in [0.2, 0.25) is 0 Å². The van der Waals surface area contributed by atoms with E-state index in [0.29, 0.717) is 23.7 Å². The highest BCUT2D eigenvalue weighted by Gasteiger charge is 2.13. The fraction of sp³-hybridized carbons (Fsp3) is 0.308. The van der Waals surface area contributed by atoms with Crippen molar-refractivity contribution in [2.45, 2.75) is 6.54 Å². The largest absolute Gasteiger partial charge is 0.496 e. The molecule has 0 saturated carbocycles. The van der Waals surface area contributed by atoms with E-state index in [0.717, 1.165) is 5.69 Å². The third kappa shape index (κ3) is 2.36. The van der Waals surface area contributed by atoms with Gasteiger partial charge in [0, 0.05) is 19.8 Å². The Morgan fingerprint density at radius 1 is 1.44 bits per heavy atom. The van der Waals surface area contributed by atoms with Crippen LogP contribution in [-0.2, 0) is 13.6 Å². The number of imidazole rings is 1. The summed E-state index contributed by atoms with van der Waals surface area (Å²) in [4.78, 5) is 4.47. The molecule has 5 heteroatoms. The zero-order chi connectivity index (χ0) is 13.1. The Bertz CT molecular complexity index is 551. The van der Waals surface area contributed by atoms with E-state index < -0.39 is 0 Å². The average molecular weight is 249 g/mol. The van der Waals surface area contributed by atoms with E-state index in [4.69, 9.17) is 4.74 Å². The molecule has 0 amide bonds. The number of hydrogen-bond acceptors (Lipinski definition) is 3. The highest BCUT2D eigenvalue weighted by Crippen LogP contribution is 2.29. The number of rotatable bonds is 4. The van der Waals surface area contributed by atoms with Gasteiger partial charge in [-0.15, -0.1) is 0 Å². The zero-order valence-corrected chi connectivity index (χ0v) is 10.7. The van der Waals surface area contributed by atoms with Crippen LogP contribution >= 0.6 is 0 Å². The number of benzene rings is 1. The number of nitrogens with one attached hydrogen (secondary N) is 1. The van der Waals surface area contributed by atoms with Gasteiger partial charge in [0.05, 0.1) is 18.4 Å². The standard InChI is InChI=1S/C13H16FN3O/c1-15-7-10-8-17(2)13(16-10)11-6-9(14)4-5-12(11)18-3/h4-6,8,15H,7H2,1-3H3. The molecule has 0 saturated heterocycles. The van der Waals surface area contributed by atoms with Crippen molar-refractivity contribution in [2.24, 2.45) is 7.05 Å². The van der Waals surface area contributed by atoms with Crippen LogP contribution < -0.4 is 10.1 Å². The van der Waals surface area contributed by atoms with Gasteiger partial charge in [0.1, 0.15) is 17.4 Å². The Morgan fingerprint density at radius 2 is 2.22 bits per heavy atom. The Labute approximate surface area is 105 Å². The molecule has 0 aliphatic heterocycles. The number of aryl methyl sites for hydroxylation is 1. The lowest BCUT2D eigenvalue weighted by atomic mass is 10.2. The van der Waals surface area contributed by atoms with Crippen LogP contribution in [0.25, 0.3) is 11.4 Å². The van der Waals surface area contributed by atoms with E-state index in [-0.39, 0.29) is 5.82 Å². The Kier molecular flexibility index (Phi) is 3.62. The van der Waals surface area contributed by atoms with Crippen LogP contribution in [0, 0.1) is 5.82 Å². The van der Waals surface area contributed by atoms with Crippen molar-refractivity contribution in [1.29, 1.82) is 0 Å². The van der Waals surface area contributed by atoms with E-state index in [2.05, 4.69) is 10.3 Å². The molecule has 2 aromatic rings. The zero-order valence-electron chi connectivity index (χ0n) is 10.7. The van der Waals surface area contributed by atoms with Crippen LogP contribution in [-0.4, -0.2) is 23.7 Å². The molecule has 0 aliphatic carbocycles. The number of hydrogen-bond donors (Lipinski definition) is 1. The van der Waals surface area contributed by atoms with Crippen molar-refractivity contribution < 1.29 is 9.13 Å². The second-order valence-corrected chi connectivity index (χ2v) is 4.04. The quantitative estimate of drug-likeness (QED) is 0.900. The van der Waals surface area contributed by atoms with Crippen LogP contribution in [0.1, 0.15) is 5.69 Å². The van der Waals surface area contributed by atoms with Gasteiger partial charge >= 0.3 is 0 Å². The molecule has 4 nitrogen and oxygen atoms in total. The summed E-state index contributed by atoms with van der Waals surface area (Å²) in [7, 11) is 5.30. The monoisotopic (exact) mass is 249 g/mol. The van der Waals surface area contributed by atoms with Gasteiger partial charge < -0.3 is 14.6 Å². The van der Waals surface area contributed by atoms with Crippen molar-refractivity contribution in [3.63, 3.8) is 0 Å². The van der Waals surface area contributed by atoms with E-state index in [1.54, 1.807) is 13.2 Å². The maximum absolute atomic E-state index is 13.4. The van der Waals surface area contributed by atoms with Crippen LogP contribution in [0.5, 0.6) is 5.75 Å². The summed E-state index contributed by atoms with van der Waals surface area (Å²) in [5.41, 5.74) is 1.56. The van der Waals surface area contributed by atoms with Crippen molar-refractivity contribution in [3.05, 3.63) is 35.9 Å². The Balaban J connectivity index is 2.50. The minimum atomic E-state index is -0.302. The highest BCUT2D eigenvalue weighted by molar-refractivity contribution is 5.65.